The zero-order valence-electron chi connectivity index (χ0n) is 9.09. The summed E-state index contributed by atoms with van der Waals surface area (Å²) < 4.78 is 81.5. The predicted octanol–water partition coefficient (Wildman–Crippen LogP) is 2.82. The number of alkyl halides is 6. The number of aldehydes is 1. The van der Waals surface area contributed by atoms with Gasteiger partial charge in [-0.05, 0) is 0 Å². The van der Waals surface area contributed by atoms with Crippen LogP contribution in [0.1, 0.15) is 16.1 Å². The van der Waals surface area contributed by atoms with Gasteiger partial charge in [0.2, 0.25) is 5.75 Å². The van der Waals surface area contributed by atoms with Gasteiger partial charge < -0.3 is 9.47 Å². The number of hydrogen-bond donors (Lipinski definition) is 0. The van der Waals surface area contributed by atoms with E-state index < -0.39 is 35.3 Å². The average molecular weight is 289 g/mol. The number of rotatable bonds is 3. The van der Waals surface area contributed by atoms with Crippen LogP contribution >= 0.6 is 0 Å². The summed E-state index contributed by atoms with van der Waals surface area (Å²) in [5, 5.41) is 0. The molecule has 1 heterocycles. The van der Waals surface area contributed by atoms with Crippen molar-refractivity contribution < 1.29 is 40.6 Å². The van der Waals surface area contributed by atoms with E-state index in [0.29, 0.717) is 6.20 Å². The Morgan fingerprint density at radius 3 is 2.11 bits per heavy atom. The van der Waals surface area contributed by atoms with Gasteiger partial charge in [-0.3, -0.25) is 4.79 Å². The van der Waals surface area contributed by atoms with E-state index in [1.54, 1.807) is 0 Å². The van der Waals surface area contributed by atoms with Gasteiger partial charge in [0.1, 0.15) is 0 Å². The van der Waals surface area contributed by atoms with Gasteiger partial charge in [-0.15, -0.1) is 13.2 Å². The number of methoxy groups -OCH3 is 1. The number of aromatic nitrogens is 1. The summed E-state index contributed by atoms with van der Waals surface area (Å²) in [5.41, 5.74) is -2.54. The standard InChI is InChI=1S/C9H5F6NO3/c1-18-5-4(3-17)2-16-7(8(10,11)12)6(5)19-9(13,14)15/h2-3H,1H3. The molecule has 0 amide bonds. The van der Waals surface area contributed by atoms with Crippen LogP contribution in [0.3, 0.4) is 0 Å². The molecule has 0 radical (unpaired) electrons. The first kappa shape index (κ1) is 15.1. The van der Waals surface area contributed by atoms with Crippen LogP contribution in [0.2, 0.25) is 0 Å². The number of ether oxygens (including phenoxy) is 2. The van der Waals surface area contributed by atoms with E-state index in [9.17, 15) is 31.1 Å². The molecule has 0 spiro atoms. The number of nitrogens with zero attached hydrogens (tertiary/aromatic N) is 1. The zero-order chi connectivity index (χ0) is 14.8. The highest BCUT2D eigenvalue weighted by Gasteiger charge is 2.43. The molecule has 0 bridgehead atoms. The largest absolute Gasteiger partial charge is 0.573 e. The van der Waals surface area contributed by atoms with Gasteiger partial charge in [0, 0.05) is 6.20 Å². The predicted molar refractivity (Wildman–Crippen MR) is 47.9 cm³/mol. The van der Waals surface area contributed by atoms with E-state index >= 15 is 0 Å². The fourth-order valence-electron chi connectivity index (χ4n) is 1.20. The fourth-order valence-corrected chi connectivity index (χ4v) is 1.20. The topological polar surface area (TPSA) is 48.4 Å². The molecule has 0 aliphatic carbocycles. The Hall–Kier alpha value is -2.00. The molecule has 0 N–H and O–H groups in total. The van der Waals surface area contributed by atoms with Crippen LogP contribution in [-0.4, -0.2) is 24.7 Å². The summed E-state index contributed by atoms with van der Waals surface area (Å²) in [6, 6.07) is 0. The van der Waals surface area contributed by atoms with E-state index in [-0.39, 0.29) is 6.29 Å². The average Bonchev–Trinajstić information content (AvgIpc) is 2.24. The third-order valence-electron chi connectivity index (χ3n) is 1.83. The van der Waals surface area contributed by atoms with E-state index in [1.165, 1.54) is 0 Å². The van der Waals surface area contributed by atoms with Crippen molar-refractivity contribution in [3.8, 4) is 11.5 Å². The second-order valence-electron chi connectivity index (χ2n) is 3.09. The lowest BCUT2D eigenvalue weighted by Crippen LogP contribution is -2.22. The summed E-state index contributed by atoms with van der Waals surface area (Å²) in [7, 11) is 0.797. The minimum atomic E-state index is -5.39. The summed E-state index contributed by atoms with van der Waals surface area (Å²) in [6.07, 6.45) is -10.2. The minimum absolute atomic E-state index is 0.00474. The van der Waals surface area contributed by atoms with Crippen LogP contribution < -0.4 is 9.47 Å². The van der Waals surface area contributed by atoms with Crippen LogP contribution in [0.4, 0.5) is 26.3 Å². The number of pyridine rings is 1. The molecule has 1 aromatic heterocycles. The number of halogens is 6. The Balaban J connectivity index is 3.53. The van der Waals surface area contributed by atoms with Gasteiger partial charge in [-0.1, -0.05) is 0 Å². The van der Waals surface area contributed by atoms with Crippen molar-refractivity contribution >= 4 is 6.29 Å². The molecule has 19 heavy (non-hydrogen) atoms. The quantitative estimate of drug-likeness (QED) is 0.634. The first-order valence-corrected chi connectivity index (χ1v) is 4.45. The molecular formula is C9H5F6NO3. The smallest absolute Gasteiger partial charge is 0.492 e. The molecule has 10 heteroatoms. The van der Waals surface area contributed by atoms with Crippen LogP contribution in [0, 0.1) is 0 Å². The fraction of sp³-hybridized carbons (Fsp3) is 0.333. The molecular weight excluding hydrogens is 284 g/mol. The van der Waals surface area contributed by atoms with Gasteiger partial charge in [-0.2, -0.15) is 13.2 Å². The Morgan fingerprint density at radius 2 is 1.74 bits per heavy atom. The van der Waals surface area contributed by atoms with Crippen molar-refractivity contribution in [3.63, 3.8) is 0 Å². The van der Waals surface area contributed by atoms with Crippen molar-refractivity contribution in [1.29, 1.82) is 0 Å². The second-order valence-corrected chi connectivity index (χ2v) is 3.09. The van der Waals surface area contributed by atoms with Crippen LogP contribution in [0.5, 0.6) is 11.5 Å². The zero-order valence-corrected chi connectivity index (χ0v) is 9.09. The molecule has 0 unspecified atom stereocenters. The van der Waals surface area contributed by atoms with Crippen LogP contribution in [0.15, 0.2) is 6.20 Å². The van der Waals surface area contributed by atoms with Crippen molar-refractivity contribution in [2.24, 2.45) is 0 Å². The second kappa shape index (κ2) is 4.94. The van der Waals surface area contributed by atoms with Crippen molar-refractivity contribution in [1.82, 2.24) is 4.98 Å². The maximum atomic E-state index is 12.5. The molecule has 0 saturated heterocycles. The third-order valence-corrected chi connectivity index (χ3v) is 1.83. The lowest BCUT2D eigenvalue weighted by Gasteiger charge is -2.17. The van der Waals surface area contributed by atoms with Crippen molar-refractivity contribution in [3.05, 3.63) is 17.5 Å². The Labute approximate surface area is 101 Å². The van der Waals surface area contributed by atoms with Crippen LogP contribution in [0.25, 0.3) is 0 Å². The number of carbonyl (C=O) groups excluding carboxylic acids is 1. The number of carbonyl (C=O) groups is 1. The Bertz CT molecular complexity index is 482. The van der Waals surface area contributed by atoms with E-state index in [0.717, 1.165) is 7.11 Å². The molecule has 0 saturated carbocycles. The van der Waals surface area contributed by atoms with Crippen molar-refractivity contribution in [2.75, 3.05) is 7.11 Å². The normalized spacial score (nSPS) is 12.2. The molecule has 0 atom stereocenters. The minimum Gasteiger partial charge on any atom is -0.492 e. The molecule has 106 valence electrons. The first-order chi connectivity index (χ1) is 8.60. The molecule has 4 nitrogen and oxygen atoms in total. The maximum absolute atomic E-state index is 12.5. The summed E-state index contributed by atoms with van der Waals surface area (Å²) in [5.74, 6) is -2.69. The molecule has 0 fully saturated rings. The van der Waals surface area contributed by atoms with Crippen LogP contribution in [-0.2, 0) is 6.18 Å². The highest BCUT2D eigenvalue weighted by Crippen LogP contribution is 2.43. The van der Waals surface area contributed by atoms with E-state index in [4.69, 9.17) is 0 Å². The van der Waals surface area contributed by atoms with Gasteiger partial charge in [-0.25, -0.2) is 4.98 Å². The van der Waals surface area contributed by atoms with Gasteiger partial charge >= 0.3 is 12.5 Å². The molecule has 1 rings (SSSR count). The van der Waals surface area contributed by atoms with Gasteiger partial charge in [0.25, 0.3) is 0 Å². The summed E-state index contributed by atoms with van der Waals surface area (Å²) in [4.78, 5) is 13.3. The van der Waals surface area contributed by atoms with Gasteiger partial charge in [0.15, 0.2) is 17.7 Å². The summed E-state index contributed by atoms with van der Waals surface area (Å²) >= 11 is 0. The molecule has 0 aromatic carbocycles. The lowest BCUT2D eigenvalue weighted by atomic mass is 10.2. The van der Waals surface area contributed by atoms with Crippen molar-refractivity contribution in [2.45, 2.75) is 12.5 Å². The highest BCUT2D eigenvalue weighted by molar-refractivity contribution is 5.81. The van der Waals surface area contributed by atoms with Gasteiger partial charge in [0.05, 0.1) is 12.7 Å². The molecule has 1 aromatic rings. The Kier molecular flexibility index (Phi) is 3.91. The third kappa shape index (κ3) is 3.48. The first-order valence-electron chi connectivity index (χ1n) is 4.45. The highest BCUT2D eigenvalue weighted by atomic mass is 19.4. The van der Waals surface area contributed by atoms with E-state index in [1.807, 2.05) is 0 Å². The number of hydrogen-bond acceptors (Lipinski definition) is 4. The monoisotopic (exact) mass is 289 g/mol. The van der Waals surface area contributed by atoms with E-state index in [2.05, 4.69) is 14.5 Å². The maximum Gasteiger partial charge on any atom is 0.573 e. The molecule has 0 aliphatic heterocycles. The molecule has 0 aliphatic rings. The summed E-state index contributed by atoms with van der Waals surface area (Å²) in [6.45, 7) is 0. The SMILES string of the molecule is COc1c(C=O)cnc(C(F)(F)F)c1OC(F)(F)F. The lowest BCUT2D eigenvalue weighted by molar-refractivity contribution is -0.277. The Morgan fingerprint density at radius 1 is 1.16 bits per heavy atom.